The second-order valence-electron chi connectivity index (χ2n) is 7.62. The van der Waals surface area contributed by atoms with Crippen molar-refractivity contribution < 1.29 is 4.79 Å². The van der Waals surface area contributed by atoms with E-state index in [1.54, 1.807) is 0 Å². The van der Waals surface area contributed by atoms with Gasteiger partial charge in [0.1, 0.15) is 5.82 Å². The third-order valence-corrected chi connectivity index (χ3v) is 7.11. The largest absolute Gasteiger partial charge is 0.310 e. The third-order valence-electron chi connectivity index (χ3n) is 5.86. The molecule has 8 heteroatoms. The molecule has 2 aromatic heterocycles. The quantitative estimate of drug-likeness (QED) is 0.825. The average Bonchev–Trinajstić information content (AvgIpc) is 3.03. The summed E-state index contributed by atoms with van der Waals surface area (Å²) in [6.07, 6.45) is 9.99. The van der Waals surface area contributed by atoms with Crippen LogP contribution in [0.3, 0.4) is 0 Å². The smallest absolute Gasteiger partial charge is 0.270 e. The number of hydrogen-bond donors (Lipinski definition) is 2. The second kappa shape index (κ2) is 7.58. The average molecular weight is 390 g/mol. The maximum absolute atomic E-state index is 13.0. The molecule has 1 atom stereocenters. The van der Waals surface area contributed by atoms with Crippen LogP contribution < -0.4 is 10.9 Å². The summed E-state index contributed by atoms with van der Waals surface area (Å²) in [5.74, 6) is 0.940. The van der Waals surface area contributed by atoms with E-state index in [1.807, 2.05) is 29.5 Å². The van der Waals surface area contributed by atoms with Gasteiger partial charge in [-0.2, -0.15) is 5.10 Å². The summed E-state index contributed by atoms with van der Waals surface area (Å²) in [6, 6.07) is 0.237. The van der Waals surface area contributed by atoms with Crippen LogP contribution >= 0.6 is 11.8 Å². The Bertz CT molecular complexity index is 889. The zero-order chi connectivity index (χ0) is 19.0. The van der Waals surface area contributed by atoms with Crippen LogP contribution in [0.1, 0.15) is 73.1 Å². The topological polar surface area (TPSA) is 84.7 Å². The molecule has 1 aliphatic carbocycles. The highest BCUT2D eigenvalue weighted by Gasteiger charge is 2.33. The Morgan fingerprint density at radius 3 is 2.52 bits per heavy atom. The van der Waals surface area contributed by atoms with Crippen LogP contribution in [0.15, 0.2) is 11.0 Å². The number of aryl methyl sites for hydroxylation is 1. The minimum absolute atomic E-state index is 0.0520. The molecule has 0 unspecified atom stereocenters. The minimum Gasteiger partial charge on any atom is -0.310 e. The SMILES string of the molecule is Cc1c([C@H]2SCC(=O)Nc3c2c(=O)[nH]n3C2CCCCCCC2)cnn1C. The fraction of sp³-hybridized carbons (Fsp3) is 0.632. The first-order chi connectivity index (χ1) is 13.1. The molecule has 3 heterocycles. The molecule has 2 aromatic rings. The molecule has 1 aliphatic heterocycles. The lowest BCUT2D eigenvalue weighted by Crippen LogP contribution is -2.20. The number of H-pyrrole nitrogens is 1. The number of aromatic amines is 1. The van der Waals surface area contributed by atoms with Gasteiger partial charge in [0.2, 0.25) is 5.91 Å². The number of aromatic nitrogens is 4. The van der Waals surface area contributed by atoms with Gasteiger partial charge in [0, 0.05) is 18.3 Å². The minimum atomic E-state index is -0.189. The summed E-state index contributed by atoms with van der Waals surface area (Å²) in [5, 5.41) is 10.2. The van der Waals surface area contributed by atoms with Gasteiger partial charge < -0.3 is 5.32 Å². The van der Waals surface area contributed by atoms with Gasteiger partial charge in [-0.25, -0.2) is 0 Å². The molecule has 1 amide bonds. The van der Waals surface area contributed by atoms with Gasteiger partial charge in [0.05, 0.1) is 28.8 Å². The Morgan fingerprint density at radius 1 is 1.15 bits per heavy atom. The molecular formula is C19H27N5O2S. The van der Waals surface area contributed by atoms with Crippen molar-refractivity contribution in [1.29, 1.82) is 0 Å². The molecule has 4 rings (SSSR count). The van der Waals surface area contributed by atoms with Crippen LogP contribution in [0.4, 0.5) is 5.82 Å². The molecule has 0 saturated heterocycles. The number of nitrogens with one attached hydrogen (secondary N) is 2. The summed E-state index contributed by atoms with van der Waals surface area (Å²) in [4.78, 5) is 25.4. The second-order valence-corrected chi connectivity index (χ2v) is 8.71. The highest BCUT2D eigenvalue weighted by atomic mass is 32.2. The van der Waals surface area contributed by atoms with Crippen LogP contribution in [-0.2, 0) is 11.8 Å². The van der Waals surface area contributed by atoms with Gasteiger partial charge >= 0.3 is 0 Å². The van der Waals surface area contributed by atoms with E-state index in [1.165, 1.54) is 31.0 Å². The van der Waals surface area contributed by atoms with Gasteiger partial charge in [-0.3, -0.25) is 24.1 Å². The van der Waals surface area contributed by atoms with Crippen LogP contribution in [0.2, 0.25) is 0 Å². The molecule has 1 fully saturated rings. The Hall–Kier alpha value is -1.96. The van der Waals surface area contributed by atoms with E-state index < -0.39 is 0 Å². The van der Waals surface area contributed by atoms with Crippen LogP contribution in [0.25, 0.3) is 0 Å². The third kappa shape index (κ3) is 3.47. The molecule has 2 aliphatic rings. The first kappa shape index (κ1) is 18.4. The lowest BCUT2D eigenvalue weighted by atomic mass is 9.97. The van der Waals surface area contributed by atoms with Crippen molar-refractivity contribution in [3.8, 4) is 0 Å². The van der Waals surface area contributed by atoms with Crippen molar-refractivity contribution in [2.24, 2.45) is 7.05 Å². The Balaban J connectivity index is 1.79. The van der Waals surface area contributed by atoms with E-state index in [-0.39, 0.29) is 22.8 Å². The summed E-state index contributed by atoms with van der Waals surface area (Å²) < 4.78 is 3.77. The molecule has 146 valence electrons. The number of amides is 1. The van der Waals surface area contributed by atoms with Crippen molar-refractivity contribution in [2.75, 3.05) is 11.1 Å². The molecule has 0 aromatic carbocycles. The molecular weight excluding hydrogens is 362 g/mol. The summed E-state index contributed by atoms with van der Waals surface area (Å²) in [6.45, 7) is 2.00. The van der Waals surface area contributed by atoms with Gasteiger partial charge in [0.25, 0.3) is 5.56 Å². The van der Waals surface area contributed by atoms with E-state index >= 15 is 0 Å². The summed E-state index contributed by atoms with van der Waals surface area (Å²) >= 11 is 1.50. The monoisotopic (exact) mass is 389 g/mol. The zero-order valence-electron chi connectivity index (χ0n) is 16.0. The van der Waals surface area contributed by atoms with Crippen molar-refractivity contribution in [3.05, 3.63) is 33.4 Å². The van der Waals surface area contributed by atoms with Gasteiger partial charge in [0.15, 0.2) is 0 Å². The molecule has 0 radical (unpaired) electrons. The van der Waals surface area contributed by atoms with Gasteiger partial charge in [-0.05, 0) is 19.8 Å². The first-order valence-corrected chi connectivity index (χ1v) is 10.9. The van der Waals surface area contributed by atoms with Crippen molar-refractivity contribution >= 4 is 23.5 Å². The van der Waals surface area contributed by atoms with Crippen LogP contribution in [0.5, 0.6) is 0 Å². The Labute approximate surface area is 162 Å². The number of fused-ring (bicyclic) bond motifs is 1. The van der Waals surface area contributed by atoms with Crippen LogP contribution in [-0.4, -0.2) is 31.2 Å². The number of rotatable bonds is 2. The molecule has 7 nitrogen and oxygen atoms in total. The highest BCUT2D eigenvalue weighted by Crippen LogP contribution is 2.42. The number of carbonyl (C=O) groups is 1. The van der Waals surface area contributed by atoms with E-state index in [9.17, 15) is 9.59 Å². The number of thioether (sulfide) groups is 1. The standard InChI is InChI=1S/C19H27N5O2S/c1-12-14(10-20-23(12)2)17-16-18(21-15(25)11-27-17)24(22-19(16)26)13-8-6-4-3-5-7-9-13/h10,13,17H,3-9,11H2,1-2H3,(H,21,25)(H,22,26)/t17-/m1/s1. The molecule has 1 saturated carbocycles. The lowest BCUT2D eigenvalue weighted by molar-refractivity contribution is -0.113. The number of hydrogen-bond acceptors (Lipinski definition) is 4. The van der Waals surface area contributed by atoms with E-state index in [4.69, 9.17) is 0 Å². The fourth-order valence-corrected chi connectivity index (χ4v) is 5.42. The molecule has 0 spiro atoms. The summed E-state index contributed by atoms with van der Waals surface area (Å²) in [7, 11) is 1.90. The van der Waals surface area contributed by atoms with Gasteiger partial charge in [-0.1, -0.05) is 32.1 Å². The number of anilines is 1. The zero-order valence-corrected chi connectivity index (χ0v) is 16.8. The van der Waals surface area contributed by atoms with Gasteiger partial charge in [-0.15, -0.1) is 11.8 Å². The molecule has 2 N–H and O–H groups in total. The van der Waals surface area contributed by atoms with Crippen molar-refractivity contribution in [3.63, 3.8) is 0 Å². The van der Waals surface area contributed by atoms with E-state index in [0.717, 1.165) is 36.9 Å². The first-order valence-electron chi connectivity index (χ1n) is 9.80. The lowest BCUT2D eigenvalue weighted by Gasteiger charge is -2.23. The maximum atomic E-state index is 13.0. The maximum Gasteiger partial charge on any atom is 0.270 e. The molecule has 0 bridgehead atoms. The van der Waals surface area contributed by atoms with Crippen LogP contribution in [0, 0.1) is 6.92 Å². The summed E-state index contributed by atoms with van der Waals surface area (Å²) in [5.41, 5.74) is 2.58. The predicted molar refractivity (Wildman–Crippen MR) is 107 cm³/mol. The van der Waals surface area contributed by atoms with Crippen molar-refractivity contribution in [2.45, 2.75) is 63.2 Å². The van der Waals surface area contributed by atoms with E-state index in [0.29, 0.717) is 17.1 Å². The predicted octanol–water partition coefficient (Wildman–Crippen LogP) is 3.28. The highest BCUT2D eigenvalue weighted by molar-refractivity contribution is 8.00. The fourth-order valence-electron chi connectivity index (χ4n) is 4.23. The Kier molecular flexibility index (Phi) is 5.16. The Morgan fingerprint density at radius 2 is 1.85 bits per heavy atom. The van der Waals surface area contributed by atoms with Crippen molar-refractivity contribution in [1.82, 2.24) is 19.6 Å². The number of nitrogens with zero attached hydrogens (tertiary/aromatic N) is 3. The molecule has 27 heavy (non-hydrogen) atoms. The normalized spacial score (nSPS) is 21.9. The number of carbonyl (C=O) groups excluding carboxylic acids is 1. The van der Waals surface area contributed by atoms with E-state index in [2.05, 4.69) is 15.5 Å².